The second-order valence-electron chi connectivity index (χ2n) is 4.30. The number of cyclic esters (lactones) is 1. The minimum atomic E-state index is -0.590. The summed E-state index contributed by atoms with van der Waals surface area (Å²) in [7, 11) is 0. The van der Waals surface area contributed by atoms with Crippen molar-refractivity contribution in [1.29, 1.82) is 0 Å². The normalized spacial score (nSPS) is 18.8. The topological polar surface area (TPSA) is 52.6 Å². The standard InChI is InChI=1S/C14H14O4/c1-8-4-6-11(7-5-8)12-9(2)13(14(16)18-12)17-10(3)15/h4-7,12H,1-3H3. The van der Waals surface area contributed by atoms with Crippen molar-refractivity contribution in [3.05, 3.63) is 46.7 Å². The molecule has 1 atom stereocenters. The molecule has 4 nitrogen and oxygen atoms in total. The van der Waals surface area contributed by atoms with Crippen molar-refractivity contribution in [3.63, 3.8) is 0 Å². The number of hydrogen-bond donors (Lipinski definition) is 0. The van der Waals surface area contributed by atoms with E-state index in [0.29, 0.717) is 5.57 Å². The van der Waals surface area contributed by atoms with Crippen LogP contribution in [0.5, 0.6) is 0 Å². The molecule has 0 radical (unpaired) electrons. The van der Waals surface area contributed by atoms with E-state index in [1.165, 1.54) is 6.92 Å². The summed E-state index contributed by atoms with van der Waals surface area (Å²) >= 11 is 0. The second kappa shape index (κ2) is 4.64. The monoisotopic (exact) mass is 246 g/mol. The molecule has 1 heterocycles. The Bertz CT molecular complexity index is 525. The Hall–Kier alpha value is -2.10. The molecule has 1 aromatic carbocycles. The molecule has 0 aromatic heterocycles. The van der Waals surface area contributed by atoms with Crippen LogP contribution < -0.4 is 0 Å². The lowest BCUT2D eigenvalue weighted by molar-refractivity contribution is -0.149. The average molecular weight is 246 g/mol. The molecule has 0 N–H and O–H groups in total. The van der Waals surface area contributed by atoms with E-state index in [-0.39, 0.29) is 5.76 Å². The smallest absolute Gasteiger partial charge is 0.375 e. The highest BCUT2D eigenvalue weighted by molar-refractivity contribution is 5.92. The van der Waals surface area contributed by atoms with Crippen molar-refractivity contribution in [1.82, 2.24) is 0 Å². The predicted molar refractivity (Wildman–Crippen MR) is 64.5 cm³/mol. The van der Waals surface area contributed by atoms with Gasteiger partial charge in [0, 0.05) is 12.5 Å². The van der Waals surface area contributed by atoms with E-state index in [4.69, 9.17) is 9.47 Å². The first-order valence-electron chi connectivity index (χ1n) is 5.66. The summed E-state index contributed by atoms with van der Waals surface area (Å²) in [6, 6.07) is 7.68. The van der Waals surface area contributed by atoms with Crippen molar-refractivity contribution in [2.75, 3.05) is 0 Å². The van der Waals surface area contributed by atoms with Crippen LogP contribution in [0.2, 0.25) is 0 Å². The third kappa shape index (κ3) is 2.27. The number of aryl methyl sites for hydroxylation is 1. The van der Waals surface area contributed by atoms with E-state index < -0.39 is 18.0 Å². The quantitative estimate of drug-likeness (QED) is 0.752. The lowest BCUT2D eigenvalue weighted by atomic mass is 10.0. The lowest BCUT2D eigenvalue weighted by Gasteiger charge is -2.11. The molecule has 1 unspecified atom stereocenters. The highest BCUT2D eigenvalue weighted by Crippen LogP contribution is 2.35. The Morgan fingerprint density at radius 1 is 1.22 bits per heavy atom. The van der Waals surface area contributed by atoms with E-state index in [1.807, 2.05) is 31.2 Å². The van der Waals surface area contributed by atoms with Crippen LogP contribution in [-0.2, 0) is 19.1 Å². The van der Waals surface area contributed by atoms with Crippen molar-refractivity contribution in [2.45, 2.75) is 26.9 Å². The van der Waals surface area contributed by atoms with Crippen molar-refractivity contribution >= 4 is 11.9 Å². The number of esters is 2. The second-order valence-corrected chi connectivity index (χ2v) is 4.30. The van der Waals surface area contributed by atoms with Crippen LogP contribution in [0.15, 0.2) is 35.6 Å². The van der Waals surface area contributed by atoms with Gasteiger partial charge in [0.15, 0.2) is 6.10 Å². The summed E-state index contributed by atoms with van der Waals surface area (Å²) in [5, 5.41) is 0. The number of benzene rings is 1. The van der Waals surface area contributed by atoms with Crippen LogP contribution in [0.4, 0.5) is 0 Å². The largest absolute Gasteiger partial charge is 0.447 e. The molecule has 1 aliphatic rings. The van der Waals surface area contributed by atoms with Crippen molar-refractivity contribution in [2.24, 2.45) is 0 Å². The van der Waals surface area contributed by atoms with E-state index in [2.05, 4.69) is 0 Å². The van der Waals surface area contributed by atoms with E-state index >= 15 is 0 Å². The summed E-state index contributed by atoms with van der Waals surface area (Å²) in [6.07, 6.45) is -0.465. The summed E-state index contributed by atoms with van der Waals surface area (Å²) < 4.78 is 10.1. The van der Waals surface area contributed by atoms with Gasteiger partial charge in [0.05, 0.1) is 0 Å². The third-order valence-electron chi connectivity index (χ3n) is 2.79. The fourth-order valence-corrected chi connectivity index (χ4v) is 1.85. The molecule has 0 saturated carbocycles. The zero-order valence-corrected chi connectivity index (χ0v) is 10.5. The summed E-state index contributed by atoms with van der Waals surface area (Å²) in [5.74, 6) is -1.10. The summed E-state index contributed by atoms with van der Waals surface area (Å²) in [5.41, 5.74) is 2.62. The van der Waals surface area contributed by atoms with Crippen LogP contribution in [0.1, 0.15) is 31.1 Å². The van der Waals surface area contributed by atoms with Gasteiger partial charge in [-0.15, -0.1) is 0 Å². The molecular formula is C14H14O4. The van der Waals surface area contributed by atoms with Gasteiger partial charge < -0.3 is 9.47 Å². The molecule has 0 fully saturated rings. The summed E-state index contributed by atoms with van der Waals surface area (Å²) in [4.78, 5) is 22.5. The highest BCUT2D eigenvalue weighted by Gasteiger charge is 2.34. The van der Waals surface area contributed by atoms with Crippen LogP contribution in [0, 0.1) is 6.92 Å². The van der Waals surface area contributed by atoms with Gasteiger partial charge in [-0.25, -0.2) is 4.79 Å². The zero-order chi connectivity index (χ0) is 13.3. The molecule has 2 rings (SSSR count). The molecule has 0 saturated heterocycles. The Morgan fingerprint density at radius 3 is 2.39 bits per heavy atom. The Kier molecular flexibility index (Phi) is 3.19. The lowest BCUT2D eigenvalue weighted by Crippen LogP contribution is -2.07. The number of ether oxygens (including phenoxy) is 2. The number of carbonyl (C=O) groups is 2. The van der Waals surface area contributed by atoms with Gasteiger partial charge in [-0.05, 0) is 19.4 Å². The minimum Gasteiger partial charge on any atom is -0.447 e. The van der Waals surface area contributed by atoms with Gasteiger partial charge in [0.25, 0.3) is 0 Å². The maximum Gasteiger partial charge on any atom is 0.375 e. The first kappa shape index (κ1) is 12.4. The molecule has 94 valence electrons. The third-order valence-corrected chi connectivity index (χ3v) is 2.79. The summed E-state index contributed by atoms with van der Waals surface area (Å²) in [6.45, 7) is 4.97. The molecule has 1 aliphatic heterocycles. The predicted octanol–water partition coefficient (Wildman–Crippen LogP) is 2.43. The highest BCUT2D eigenvalue weighted by atomic mass is 16.6. The van der Waals surface area contributed by atoms with Gasteiger partial charge in [-0.2, -0.15) is 0 Å². The van der Waals surface area contributed by atoms with Crippen LogP contribution in [-0.4, -0.2) is 11.9 Å². The molecule has 1 aromatic rings. The van der Waals surface area contributed by atoms with Gasteiger partial charge in [-0.1, -0.05) is 29.8 Å². The molecule has 18 heavy (non-hydrogen) atoms. The SMILES string of the molecule is CC(=O)OC1=C(C)C(c2ccc(C)cc2)OC1=O. The fraction of sp³-hybridized carbons (Fsp3) is 0.286. The molecule has 4 heteroatoms. The molecule has 0 spiro atoms. The van der Waals surface area contributed by atoms with Crippen LogP contribution in [0.3, 0.4) is 0 Å². The maximum atomic E-state index is 11.6. The Balaban J connectivity index is 2.31. The van der Waals surface area contributed by atoms with Crippen molar-refractivity contribution < 1.29 is 19.1 Å². The van der Waals surface area contributed by atoms with E-state index in [0.717, 1.165) is 11.1 Å². The first-order valence-corrected chi connectivity index (χ1v) is 5.66. The van der Waals surface area contributed by atoms with Crippen molar-refractivity contribution in [3.8, 4) is 0 Å². The van der Waals surface area contributed by atoms with Gasteiger partial charge >= 0.3 is 11.9 Å². The maximum absolute atomic E-state index is 11.6. The number of carbonyl (C=O) groups excluding carboxylic acids is 2. The average Bonchev–Trinajstić information content (AvgIpc) is 2.58. The van der Waals surface area contributed by atoms with Crippen LogP contribution >= 0.6 is 0 Å². The van der Waals surface area contributed by atoms with Gasteiger partial charge in [0.1, 0.15) is 0 Å². The molecule has 0 aliphatic carbocycles. The first-order chi connectivity index (χ1) is 8.49. The minimum absolute atomic E-state index is 0.00748. The zero-order valence-electron chi connectivity index (χ0n) is 10.5. The number of rotatable bonds is 2. The van der Waals surface area contributed by atoms with Crippen LogP contribution in [0.25, 0.3) is 0 Å². The van der Waals surface area contributed by atoms with E-state index in [9.17, 15) is 9.59 Å². The van der Waals surface area contributed by atoms with Gasteiger partial charge in [0.2, 0.25) is 5.76 Å². The fourth-order valence-electron chi connectivity index (χ4n) is 1.85. The Morgan fingerprint density at radius 2 is 1.83 bits per heavy atom. The number of hydrogen-bond acceptors (Lipinski definition) is 4. The molecule has 0 bridgehead atoms. The molecule has 0 amide bonds. The Labute approximate surface area is 105 Å². The van der Waals surface area contributed by atoms with E-state index in [1.54, 1.807) is 6.92 Å². The molecular weight excluding hydrogens is 232 g/mol. The van der Waals surface area contributed by atoms with Gasteiger partial charge in [-0.3, -0.25) is 4.79 Å².